The van der Waals surface area contributed by atoms with Crippen LogP contribution in [0.4, 0.5) is 11.8 Å². The van der Waals surface area contributed by atoms with Crippen molar-refractivity contribution in [2.75, 3.05) is 24.1 Å². The van der Waals surface area contributed by atoms with Crippen LogP contribution in [0.5, 0.6) is 0 Å². The molecule has 4 rings (SSSR count). The molecule has 1 saturated carbocycles. The second-order valence-electron chi connectivity index (χ2n) is 9.14. The molecule has 12 nitrogen and oxygen atoms in total. The Morgan fingerprint density at radius 1 is 1.26 bits per heavy atom. The van der Waals surface area contributed by atoms with Crippen molar-refractivity contribution in [1.82, 2.24) is 24.8 Å². The van der Waals surface area contributed by atoms with Crippen molar-refractivity contribution < 1.29 is 24.9 Å². The van der Waals surface area contributed by atoms with Gasteiger partial charge in [-0.25, -0.2) is 4.98 Å². The summed E-state index contributed by atoms with van der Waals surface area (Å²) in [5, 5.41) is 37.0. The van der Waals surface area contributed by atoms with Crippen LogP contribution in [-0.4, -0.2) is 78.3 Å². The summed E-state index contributed by atoms with van der Waals surface area (Å²) >= 11 is 0. The lowest BCUT2D eigenvalue weighted by molar-refractivity contribution is -0.143. The van der Waals surface area contributed by atoms with Gasteiger partial charge in [0.2, 0.25) is 5.95 Å². The number of amides is 1. The zero-order valence-corrected chi connectivity index (χ0v) is 19.4. The summed E-state index contributed by atoms with van der Waals surface area (Å²) in [4.78, 5) is 25.0. The van der Waals surface area contributed by atoms with E-state index in [0.717, 1.165) is 18.8 Å². The van der Waals surface area contributed by atoms with Crippen LogP contribution in [-0.2, 0) is 9.53 Å². The number of imidazole rings is 1. The number of nitrogens with zero attached hydrogens (tertiary/aromatic N) is 4. The first-order valence-corrected chi connectivity index (χ1v) is 12.1. The smallest absolute Gasteiger partial charge is 0.251 e. The highest BCUT2D eigenvalue weighted by atomic mass is 16.6. The number of carbonyl (C=O) groups is 1. The number of anilines is 2. The van der Waals surface area contributed by atoms with Gasteiger partial charge in [-0.3, -0.25) is 9.36 Å². The molecule has 0 spiro atoms. The van der Waals surface area contributed by atoms with E-state index < -0.39 is 36.6 Å². The van der Waals surface area contributed by atoms with Crippen LogP contribution in [0.15, 0.2) is 6.33 Å². The molecule has 2 aromatic heterocycles. The predicted octanol–water partition coefficient (Wildman–Crippen LogP) is 0.297. The van der Waals surface area contributed by atoms with Crippen LogP contribution < -0.4 is 16.4 Å². The third-order valence-corrected chi connectivity index (χ3v) is 6.73. The highest BCUT2D eigenvalue weighted by Gasteiger charge is 2.49. The molecule has 0 aromatic carbocycles. The largest absolute Gasteiger partial charge is 0.387 e. The highest BCUT2D eigenvalue weighted by molar-refractivity contribution is 5.83. The molecule has 3 heterocycles. The average Bonchev–Trinajstić information content (AvgIpc) is 3.38. The van der Waals surface area contributed by atoms with Crippen LogP contribution in [0, 0.1) is 5.92 Å². The lowest BCUT2D eigenvalue weighted by Gasteiger charge is -2.21. The fourth-order valence-corrected chi connectivity index (χ4v) is 4.87. The fourth-order valence-electron chi connectivity index (χ4n) is 4.87. The second-order valence-corrected chi connectivity index (χ2v) is 9.14. The maximum absolute atomic E-state index is 12.0. The van der Waals surface area contributed by atoms with Crippen LogP contribution in [0.3, 0.4) is 0 Å². The van der Waals surface area contributed by atoms with Crippen molar-refractivity contribution in [2.24, 2.45) is 5.92 Å². The Morgan fingerprint density at radius 2 is 2.03 bits per heavy atom. The molecule has 1 aliphatic heterocycles. The number of aliphatic hydroxyl groups is 3. The van der Waals surface area contributed by atoms with Gasteiger partial charge in [0.1, 0.15) is 23.8 Å². The van der Waals surface area contributed by atoms with Gasteiger partial charge in [-0.05, 0) is 25.7 Å². The number of likely N-dealkylation sites (N-methyl/N-ethyl adjacent to an activating group) is 1. The zero-order chi connectivity index (χ0) is 24.2. The third-order valence-electron chi connectivity index (χ3n) is 6.73. The molecule has 1 saturated heterocycles. The summed E-state index contributed by atoms with van der Waals surface area (Å²) in [6.07, 6.45) is 3.15. The normalized spacial score (nSPS) is 26.6. The van der Waals surface area contributed by atoms with Gasteiger partial charge >= 0.3 is 0 Å². The topological polar surface area (TPSA) is 181 Å². The summed E-state index contributed by atoms with van der Waals surface area (Å²) in [5.74, 6) is 0.606. The Labute approximate surface area is 197 Å². The Bertz CT molecular complexity index is 980. The van der Waals surface area contributed by atoms with Gasteiger partial charge < -0.3 is 36.4 Å². The Morgan fingerprint density at radius 3 is 2.76 bits per heavy atom. The summed E-state index contributed by atoms with van der Waals surface area (Å²) in [6, 6.07) is 0. The Hall–Kier alpha value is -2.54. The number of nitrogen functional groups attached to an aromatic ring is 1. The van der Waals surface area contributed by atoms with Gasteiger partial charge in [0, 0.05) is 13.1 Å². The number of ether oxygens (including phenoxy) is 1. The Kier molecular flexibility index (Phi) is 7.81. The van der Waals surface area contributed by atoms with E-state index in [4.69, 9.17) is 10.5 Å². The number of aliphatic hydroxyl groups excluding tert-OH is 3. The first-order chi connectivity index (χ1) is 16.4. The molecule has 1 unspecified atom stereocenters. The molecule has 188 valence electrons. The maximum atomic E-state index is 12.0. The minimum absolute atomic E-state index is 0.172. The quantitative estimate of drug-likeness (QED) is 0.275. The number of nitrogens with two attached hydrogens (primary N) is 1. The van der Waals surface area contributed by atoms with Crippen molar-refractivity contribution in [2.45, 2.75) is 82.5 Å². The summed E-state index contributed by atoms with van der Waals surface area (Å²) in [7, 11) is 0. The van der Waals surface area contributed by atoms with Crippen LogP contribution in [0.25, 0.3) is 11.2 Å². The Balaban J connectivity index is 1.46. The summed E-state index contributed by atoms with van der Waals surface area (Å²) < 4.78 is 7.13. The lowest BCUT2D eigenvalue weighted by atomic mass is 9.86. The van der Waals surface area contributed by atoms with E-state index in [1.165, 1.54) is 43.0 Å². The summed E-state index contributed by atoms with van der Waals surface area (Å²) in [6.45, 7) is 2.72. The molecular formula is C22H35N7O5. The monoisotopic (exact) mass is 477 g/mol. The molecular weight excluding hydrogens is 442 g/mol. The van der Waals surface area contributed by atoms with Gasteiger partial charge in [-0.1, -0.05) is 32.1 Å². The van der Waals surface area contributed by atoms with E-state index in [1.54, 1.807) is 6.92 Å². The predicted molar refractivity (Wildman–Crippen MR) is 125 cm³/mol. The average molecular weight is 478 g/mol. The van der Waals surface area contributed by atoms with Crippen LogP contribution in [0.2, 0.25) is 0 Å². The second kappa shape index (κ2) is 10.8. The number of nitrogens with one attached hydrogen (secondary N) is 2. The molecule has 7 N–H and O–H groups in total. The molecule has 5 atom stereocenters. The van der Waals surface area contributed by atoms with Crippen LogP contribution >= 0.6 is 0 Å². The number of carbonyl (C=O) groups excluding carboxylic acids is 1. The van der Waals surface area contributed by atoms with Crippen molar-refractivity contribution in [3.05, 3.63) is 6.33 Å². The molecule has 2 fully saturated rings. The molecule has 2 aromatic rings. The van der Waals surface area contributed by atoms with E-state index >= 15 is 0 Å². The van der Waals surface area contributed by atoms with Gasteiger partial charge in [-0.2, -0.15) is 9.97 Å². The van der Waals surface area contributed by atoms with Gasteiger partial charge in [-0.15, -0.1) is 0 Å². The highest BCUT2D eigenvalue weighted by Crippen LogP contribution is 2.34. The first kappa shape index (κ1) is 24.6. The van der Waals surface area contributed by atoms with E-state index in [2.05, 4.69) is 25.6 Å². The number of hydrogen-bond acceptors (Lipinski definition) is 10. The van der Waals surface area contributed by atoms with E-state index in [9.17, 15) is 20.1 Å². The van der Waals surface area contributed by atoms with Gasteiger partial charge in [0.15, 0.2) is 23.8 Å². The molecule has 12 heteroatoms. The minimum atomic E-state index is -1.65. The van der Waals surface area contributed by atoms with Crippen molar-refractivity contribution in [3.63, 3.8) is 0 Å². The van der Waals surface area contributed by atoms with Crippen molar-refractivity contribution in [3.8, 4) is 0 Å². The molecule has 34 heavy (non-hydrogen) atoms. The van der Waals surface area contributed by atoms with Crippen molar-refractivity contribution in [1.29, 1.82) is 0 Å². The molecule has 1 amide bonds. The molecule has 0 bridgehead atoms. The van der Waals surface area contributed by atoms with Gasteiger partial charge in [0.05, 0.1) is 6.33 Å². The van der Waals surface area contributed by atoms with Crippen molar-refractivity contribution >= 4 is 28.8 Å². The maximum Gasteiger partial charge on any atom is 0.251 e. The zero-order valence-electron chi connectivity index (χ0n) is 19.4. The number of aromatic nitrogens is 4. The molecule has 0 radical (unpaired) electrons. The minimum Gasteiger partial charge on any atom is -0.387 e. The number of hydrogen-bond donors (Lipinski definition) is 6. The third kappa shape index (κ3) is 5.09. The number of rotatable bonds is 9. The standard InChI is InChI=1S/C22H35N7O5/c1-2-24-20(33)16(32)17-14(30)15(31)21(34-17)29-11-26-13-18(23)27-22(28-19(13)29)25-10-6-9-12-7-4-3-5-8-12/h11-12,14-17,21,30-32H,2-10H2,1H3,(H,24,33)(H3,23,25,27,28)/t14-,15+,16?,17-,21+/m0/s1. The first-order valence-electron chi connectivity index (χ1n) is 12.1. The fraction of sp³-hybridized carbons (Fsp3) is 0.727. The lowest BCUT2D eigenvalue weighted by Crippen LogP contribution is -2.47. The van der Waals surface area contributed by atoms with E-state index in [-0.39, 0.29) is 5.82 Å². The molecule has 1 aliphatic carbocycles. The molecule has 2 aliphatic rings. The number of fused-ring (bicyclic) bond motifs is 1. The van der Waals surface area contributed by atoms with Gasteiger partial charge in [0.25, 0.3) is 5.91 Å². The summed E-state index contributed by atoms with van der Waals surface area (Å²) in [5.41, 5.74) is 6.72. The van der Waals surface area contributed by atoms with E-state index in [0.29, 0.717) is 30.2 Å². The SMILES string of the molecule is CCNC(=O)C(O)[C@H]1O[C@@H](n2cnc3c(N)nc(NCCCC4CCCCC4)nc32)[C@H](O)[C@@H]1O. The van der Waals surface area contributed by atoms with E-state index in [1.807, 2.05) is 0 Å². The van der Waals surface area contributed by atoms with Crippen LogP contribution in [0.1, 0.15) is 58.1 Å².